The number of halogens is 1. The number of methoxy groups -OCH3 is 1. The molecule has 0 amide bonds. The van der Waals surface area contributed by atoms with Gasteiger partial charge >= 0.3 is 7.32 Å². The Morgan fingerprint density at radius 3 is 1.81 bits per heavy atom. The smallest absolute Gasteiger partial charge is 0.512 e. The van der Waals surface area contributed by atoms with Crippen molar-refractivity contribution in [1.29, 1.82) is 0 Å². The second kappa shape index (κ2) is 8.00. The van der Waals surface area contributed by atoms with E-state index in [0.29, 0.717) is 16.0 Å². The van der Waals surface area contributed by atoms with Gasteiger partial charge in [-0.05, 0) is 61.8 Å². The molecule has 0 unspecified atom stereocenters. The lowest BCUT2D eigenvalue weighted by molar-refractivity contribution is -0.107. The van der Waals surface area contributed by atoms with Crippen molar-refractivity contribution in [2.45, 2.75) is 38.9 Å². The van der Waals surface area contributed by atoms with Crippen molar-refractivity contribution in [3.05, 3.63) is 22.7 Å². The van der Waals surface area contributed by atoms with Crippen molar-refractivity contribution in [3.63, 3.8) is 0 Å². The predicted molar refractivity (Wildman–Crippen MR) is 84.1 cm³/mol. The third-order valence-corrected chi connectivity index (χ3v) is 3.48. The highest BCUT2D eigenvalue weighted by molar-refractivity contribution is 9.10. The number of hydrogen-bond donors (Lipinski definition) is 4. The fourth-order valence-corrected chi connectivity index (χ4v) is 1.36. The summed E-state index contributed by atoms with van der Waals surface area (Å²) < 4.78 is 10.3. The zero-order valence-corrected chi connectivity index (χ0v) is 14.4. The first-order valence-corrected chi connectivity index (χ1v) is 6.99. The molecule has 120 valence electrons. The number of rotatable bonds is 4. The molecular formula is C13H22BBrO6. The van der Waals surface area contributed by atoms with Gasteiger partial charge in [0, 0.05) is 0 Å². The normalized spacial score (nSPS) is 11.3. The summed E-state index contributed by atoms with van der Waals surface area (Å²) in [5.41, 5.74) is -2.01. The fraction of sp³-hybridized carbons (Fsp3) is 0.538. The summed E-state index contributed by atoms with van der Waals surface area (Å²) in [6.07, 6.45) is 0. The van der Waals surface area contributed by atoms with Gasteiger partial charge in [-0.1, -0.05) is 0 Å². The molecule has 21 heavy (non-hydrogen) atoms. The zero-order chi connectivity index (χ0) is 16.8. The number of benzene rings is 1. The second-order valence-corrected chi connectivity index (χ2v) is 6.21. The van der Waals surface area contributed by atoms with E-state index in [1.807, 2.05) is 0 Å². The van der Waals surface area contributed by atoms with Crippen LogP contribution in [0, 0.1) is 0 Å². The average Bonchev–Trinajstić information content (AvgIpc) is 2.26. The average molecular weight is 365 g/mol. The second-order valence-electron chi connectivity index (χ2n) is 5.36. The molecule has 0 bridgehead atoms. The minimum absolute atomic E-state index is 0.350. The van der Waals surface area contributed by atoms with E-state index in [1.54, 1.807) is 53.0 Å². The van der Waals surface area contributed by atoms with Crippen LogP contribution in [0.2, 0.25) is 0 Å². The van der Waals surface area contributed by atoms with Gasteiger partial charge in [-0.3, -0.25) is 0 Å². The lowest BCUT2D eigenvalue weighted by atomic mass is 9.90. The van der Waals surface area contributed by atoms with Gasteiger partial charge in [0.15, 0.2) is 0 Å². The molecule has 0 spiro atoms. The van der Waals surface area contributed by atoms with Crippen LogP contribution in [0.4, 0.5) is 0 Å². The first-order chi connectivity index (χ1) is 9.38. The molecule has 1 aromatic rings. The summed E-state index contributed by atoms with van der Waals surface area (Å²) in [6.45, 7) is 6.31. The number of hydrogen-bond acceptors (Lipinski definition) is 6. The summed E-state index contributed by atoms with van der Waals surface area (Å²) >= 11 is 3.23. The fourth-order valence-electron chi connectivity index (χ4n) is 0.842. The molecular weight excluding hydrogens is 343 g/mol. The summed E-state index contributed by atoms with van der Waals surface area (Å²) in [5, 5.41) is 35.2. The van der Waals surface area contributed by atoms with Crippen LogP contribution < -0.4 is 9.39 Å². The van der Waals surface area contributed by atoms with Gasteiger partial charge in [0.05, 0.1) is 22.8 Å². The largest absolute Gasteiger partial charge is 0.707 e. The SMILES string of the molecule is CC(C)(O)C(C)(C)O.COc1ccc(OB(O)O)cc1Br. The Bertz CT molecular complexity index is 427. The molecule has 8 heteroatoms. The predicted octanol–water partition coefficient (Wildman–Crippen LogP) is 1.33. The van der Waals surface area contributed by atoms with Gasteiger partial charge in [0.2, 0.25) is 0 Å². The summed E-state index contributed by atoms with van der Waals surface area (Å²) in [5.74, 6) is 1.00. The highest BCUT2D eigenvalue weighted by Gasteiger charge is 2.31. The number of ether oxygens (including phenoxy) is 1. The van der Waals surface area contributed by atoms with Crippen molar-refractivity contribution in [1.82, 2.24) is 0 Å². The first kappa shape index (κ1) is 20.2. The minimum atomic E-state index is -1.81. The first-order valence-electron chi connectivity index (χ1n) is 6.19. The van der Waals surface area contributed by atoms with Crippen molar-refractivity contribution >= 4 is 23.3 Å². The molecule has 0 saturated carbocycles. The van der Waals surface area contributed by atoms with Gasteiger partial charge in [0.1, 0.15) is 11.5 Å². The summed E-state index contributed by atoms with van der Waals surface area (Å²) in [4.78, 5) is 0. The van der Waals surface area contributed by atoms with Crippen LogP contribution in [-0.2, 0) is 0 Å². The van der Waals surface area contributed by atoms with Crippen molar-refractivity contribution in [2.24, 2.45) is 0 Å². The van der Waals surface area contributed by atoms with Crippen LogP contribution >= 0.6 is 15.9 Å². The number of aliphatic hydroxyl groups is 2. The van der Waals surface area contributed by atoms with Crippen LogP contribution in [0.3, 0.4) is 0 Å². The van der Waals surface area contributed by atoms with E-state index in [-0.39, 0.29) is 0 Å². The molecule has 0 fully saturated rings. The van der Waals surface area contributed by atoms with Crippen molar-refractivity contribution < 1.29 is 29.7 Å². The van der Waals surface area contributed by atoms with Gasteiger partial charge in [-0.25, -0.2) is 0 Å². The van der Waals surface area contributed by atoms with E-state index in [0.717, 1.165) is 0 Å². The topological polar surface area (TPSA) is 99.4 Å². The Balaban J connectivity index is 0.000000433. The van der Waals surface area contributed by atoms with Crippen LogP contribution in [0.25, 0.3) is 0 Å². The quantitative estimate of drug-likeness (QED) is 0.601. The van der Waals surface area contributed by atoms with Crippen molar-refractivity contribution in [3.8, 4) is 11.5 Å². The lowest BCUT2D eigenvalue weighted by Crippen LogP contribution is -2.44. The van der Waals surface area contributed by atoms with Gasteiger partial charge in [-0.15, -0.1) is 0 Å². The molecule has 4 N–H and O–H groups in total. The molecule has 1 aromatic carbocycles. The van der Waals surface area contributed by atoms with Gasteiger partial charge in [0.25, 0.3) is 0 Å². The van der Waals surface area contributed by atoms with E-state index < -0.39 is 18.5 Å². The highest BCUT2D eigenvalue weighted by Crippen LogP contribution is 2.28. The van der Waals surface area contributed by atoms with Crippen LogP contribution in [0.1, 0.15) is 27.7 Å². The maximum Gasteiger partial charge on any atom is 0.707 e. The minimum Gasteiger partial charge on any atom is -0.512 e. The molecule has 0 heterocycles. The molecule has 0 radical (unpaired) electrons. The van der Waals surface area contributed by atoms with Crippen LogP contribution in [0.5, 0.6) is 11.5 Å². The van der Waals surface area contributed by atoms with Crippen LogP contribution in [-0.4, -0.2) is 45.9 Å². The summed E-state index contributed by atoms with van der Waals surface area (Å²) in [7, 11) is -0.262. The van der Waals surface area contributed by atoms with Gasteiger partial charge < -0.3 is 29.7 Å². The Morgan fingerprint density at radius 2 is 1.52 bits per heavy atom. The Morgan fingerprint density at radius 1 is 1.05 bits per heavy atom. The maximum absolute atomic E-state index is 9.10. The molecule has 0 aliphatic heterocycles. The molecule has 0 aliphatic carbocycles. The van der Waals surface area contributed by atoms with Crippen LogP contribution in [0.15, 0.2) is 22.7 Å². The monoisotopic (exact) mass is 364 g/mol. The molecule has 0 aromatic heterocycles. The van der Waals surface area contributed by atoms with E-state index >= 15 is 0 Å². The third-order valence-electron chi connectivity index (χ3n) is 2.86. The third kappa shape index (κ3) is 7.68. The molecule has 0 aliphatic rings. The Labute approximate surface area is 133 Å². The van der Waals surface area contributed by atoms with Gasteiger partial charge in [-0.2, -0.15) is 0 Å². The molecule has 0 saturated heterocycles. The highest BCUT2D eigenvalue weighted by atomic mass is 79.9. The molecule has 0 atom stereocenters. The van der Waals surface area contributed by atoms with E-state index in [1.165, 1.54) is 0 Å². The zero-order valence-electron chi connectivity index (χ0n) is 12.8. The van der Waals surface area contributed by atoms with E-state index in [9.17, 15) is 0 Å². The standard InChI is InChI=1S/C7H8BBrO4.C6H14O2/c1-12-7-3-2-5(4-6(7)9)13-8(10)11;1-5(2,7)6(3,4)8/h2-4,10-11H,1H3;7-8H,1-4H3. The van der Waals surface area contributed by atoms with Crippen molar-refractivity contribution in [2.75, 3.05) is 7.11 Å². The maximum atomic E-state index is 9.10. The Kier molecular flexibility index (Phi) is 7.70. The lowest BCUT2D eigenvalue weighted by Gasteiger charge is -2.31. The summed E-state index contributed by atoms with van der Waals surface area (Å²) in [6, 6.07) is 4.81. The van der Waals surface area contributed by atoms with E-state index in [2.05, 4.69) is 20.6 Å². The van der Waals surface area contributed by atoms with E-state index in [4.69, 9.17) is 25.0 Å². The molecule has 1 rings (SSSR count). The molecule has 6 nitrogen and oxygen atoms in total. The Hall–Kier alpha value is -0.795.